The Morgan fingerprint density at radius 2 is 1.68 bits per heavy atom. The van der Waals surface area contributed by atoms with E-state index in [-0.39, 0.29) is 12.5 Å². The molecule has 3 aromatic carbocycles. The van der Waals surface area contributed by atoms with Crippen molar-refractivity contribution in [1.29, 1.82) is 0 Å². The average Bonchev–Trinajstić information content (AvgIpc) is 2.91. The highest BCUT2D eigenvalue weighted by Crippen LogP contribution is 2.28. The lowest BCUT2D eigenvalue weighted by Gasteiger charge is -2.34. The van der Waals surface area contributed by atoms with Crippen LogP contribution in [0.3, 0.4) is 0 Å². The Bertz CT molecular complexity index is 1450. The van der Waals surface area contributed by atoms with Crippen LogP contribution in [0.25, 0.3) is 10.8 Å². The molecule has 0 aromatic heterocycles. The summed E-state index contributed by atoms with van der Waals surface area (Å²) in [4.78, 5) is 42.4. The highest BCUT2D eigenvalue weighted by Gasteiger charge is 2.37. The molecule has 0 heterocycles. The van der Waals surface area contributed by atoms with Crippen molar-refractivity contribution in [3.05, 3.63) is 90.5 Å². The predicted molar refractivity (Wildman–Crippen MR) is 164 cm³/mol. The molecule has 41 heavy (non-hydrogen) atoms. The van der Waals surface area contributed by atoms with Crippen LogP contribution in [0.2, 0.25) is 0 Å². The maximum Gasteiger partial charge on any atom is 0.408 e. The van der Waals surface area contributed by atoms with Crippen molar-refractivity contribution in [2.24, 2.45) is 5.92 Å². The number of terminal acetylenes is 1. The number of rotatable bonds is 10. The Balaban J connectivity index is 2.05. The van der Waals surface area contributed by atoms with E-state index in [1.165, 1.54) is 4.90 Å². The molecule has 0 saturated carbocycles. The average molecular weight is 554 g/mol. The van der Waals surface area contributed by atoms with Crippen molar-refractivity contribution < 1.29 is 19.1 Å². The summed E-state index contributed by atoms with van der Waals surface area (Å²) in [7, 11) is 0. The molecule has 2 atom stereocenters. The minimum Gasteiger partial charge on any atom is -0.444 e. The van der Waals surface area contributed by atoms with E-state index in [0.717, 1.165) is 10.8 Å². The maximum atomic E-state index is 14.2. The third kappa shape index (κ3) is 8.46. The molecular weight excluding hydrogens is 514 g/mol. The van der Waals surface area contributed by atoms with Crippen LogP contribution in [0.5, 0.6) is 0 Å². The number of benzene rings is 3. The van der Waals surface area contributed by atoms with Crippen molar-refractivity contribution >= 4 is 34.4 Å². The van der Waals surface area contributed by atoms with E-state index in [9.17, 15) is 14.4 Å². The predicted octanol–water partition coefficient (Wildman–Crippen LogP) is 6.45. The van der Waals surface area contributed by atoms with Gasteiger partial charge in [-0.1, -0.05) is 74.4 Å². The summed E-state index contributed by atoms with van der Waals surface area (Å²) in [6.45, 7) is 13.0. The quantitative estimate of drug-likeness (QED) is 0.223. The topological polar surface area (TPSA) is 87.7 Å². The first-order valence-electron chi connectivity index (χ1n) is 13.7. The largest absolute Gasteiger partial charge is 0.444 e. The normalized spacial score (nSPS) is 12.6. The number of alkyl carbamates (subject to hydrolysis) is 1. The van der Waals surface area contributed by atoms with Gasteiger partial charge < -0.3 is 20.3 Å². The molecule has 7 heteroatoms. The van der Waals surface area contributed by atoms with Crippen LogP contribution in [0.15, 0.2) is 79.4 Å². The second-order valence-electron chi connectivity index (χ2n) is 11.3. The molecule has 3 rings (SSSR count). The van der Waals surface area contributed by atoms with Crippen molar-refractivity contribution in [3.63, 3.8) is 0 Å². The number of hydrogen-bond acceptors (Lipinski definition) is 4. The van der Waals surface area contributed by atoms with Crippen LogP contribution in [-0.4, -0.2) is 41.0 Å². The third-order valence-electron chi connectivity index (χ3n) is 6.29. The number of anilines is 1. The van der Waals surface area contributed by atoms with E-state index in [1.807, 2.05) is 56.3 Å². The van der Waals surface area contributed by atoms with E-state index in [1.54, 1.807) is 51.1 Å². The first kappa shape index (κ1) is 31.0. The van der Waals surface area contributed by atoms with Crippen LogP contribution in [0.4, 0.5) is 10.5 Å². The number of ether oxygens (including phenoxy) is 1. The molecule has 7 nitrogen and oxygen atoms in total. The summed E-state index contributed by atoms with van der Waals surface area (Å²) < 4.78 is 5.44. The molecule has 0 fully saturated rings. The zero-order chi connectivity index (χ0) is 30.2. The van der Waals surface area contributed by atoms with Gasteiger partial charge in [0.25, 0.3) is 5.91 Å². The molecule has 0 aliphatic heterocycles. The molecular formula is C34H39N3O4. The first-order valence-corrected chi connectivity index (χ1v) is 13.7. The third-order valence-corrected chi connectivity index (χ3v) is 6.29. The van der Waals surface area contributed by atoms with Crippen molar-refractivity contribution in [2.75, 3.05) is 11.9 Å². The van der Waals surface area contributed by atoms with E-state index < -0.39 is 35.6 Å². The number of nitrogens with one attached hydrogen (secondary N) is 2. The van der Waals surface area contributed by atoms with Crippen LogP contribution in [0, 0.1) is 18.3 Å². The summed E-state index contributed by atoms with van der Waals surface area (Å²) in [5, 5.41) is 7.71. The summed E-state index contributed by atoms with van der Waals surface area (Å²) in [5.74, 6) is 1.81. The zero-order valence-corrected chi connectivity index (χ0v) is 24.4. The monoisotopic (exact) mass is 553 g/mol. The second kappa shape index (κ2) is 13.7. The molecule has 2 unspecified atom stereocenters. The molecule has 2 N–H and O–H groups in total. The Morgan fingerprint density at radius 3 is 2.32 bits per heavy atom. The van der Waals surface area contributed by atoms with Gasteiger partial charge in [0.1, 0.15) is 17.7 Å². The Hall–Kier alpha value is -4.57. The van der Waals surface area contributed by atoms with Gasteiger partial charge in [0.05, 0.1) is 0 Å². The van der Waals surface area contributed by atoms with Gasteiger partial charge in [-0.3, -0.25) is 9.59 Å². The van der Waals surface area contributed by atoms with Crippen LogP contribution in [-0.2, 0) is 14.3 Å². The summed E-state index contributed by atoms with van der Waals surface area (Å²) >= 11 is 0. The highest BCUT2D eigenvalue weighted by molar-refractivity contribution is 6.00. The number of amides is 3. The molecule has 0 saturated heterocycles. The van der Waals surface area contributed by atoms with Crippen molar-refractivity contribution in [2.45, 2.75) is 58.7 Å². The first-order chi connectivity index (χ1) is 19.4. The van der Waals surface area contributed by atoms with Crippen LogP contribution >= 0.6 is 0 Å². The Labute approximate surface area is 243 Å². The van der Waals surface area contributed by atoms with Crippen LogP contribution in [0.1, 0.15) is 58.2 Å². The molecule has 3 amide bonds. The molecule has 0 aliphatic carbocycles. The lowest BCUT2D eigenvalue weighted by atomic mass is 9.96. The van der Waals surface area contributed by atoms with E-state index in [4.69, 9.17) is 11.2 Å². The Morgan fingerprint density at radius 1 is 1.02 bits per heavy atom. The molecule has 0 spiro atoms. The summed E-state index contributed by atoms with van der Waals surface area (Å²) in [6.07, 6.45) is 7.00. The van der Waals surface area contributed by atoms with Gasteiger partial charge in [-0.2, -0.15) is 0 Å². The number of hydrogen-bond donors (Lipinski definition) is 2. The standard InChI is InChI=1S/C34H39N3O4/c1-8-20-37(32(39)29(21-23(3)4)36-33(40)41-34(5,6)7)30(28-17-13-12-14-24(28)9-2)31(38)35-27-19-18-25-15-10-11-16-26(25)22-27/h2,8,10-19,22-23,29-30H,1,20-21H2,3-7H3,(H,35,38)(H,36,40). The smallest absolute Gasteiger partial charge is 0.408 e. The van der Waals surface area contributed by atoms with Gasteiger partial charge in [-0.15, -0.1) is 13.0 Å². The Kier molecular flexibility index (Phi) is 10.3. The number of nitrogens with zero attached hydrogens (tertiary/aromatic N) is 1. The fourth-order valence-corrected chi connectivity index (χ4v) is 4.60. The van der Waals surface area contributed by atoms with Gasteiger partial charge in [0, 0.05) is 17.8 Å². The van der Waals surface area contributed by atoms with Gasteiger partial charge in [-0.05, 0) is 67.6 Å². The van der Waals surface area contributed by atoms with Gasteiger partial charge in [0.2, 0.25) is 5.91 Å². The fraction of sp³-hybridized carbons (Fsp3) is 0.324. The minimum atomic E-state index is -1.10. The van der Waals surface area contributed by atoms with Gasteiger partial charge in [0.15, 0.2) is 0 Å². The lowest BCUT2D eigenvalue weighted by Crippen LogP contribution is -2.53. The lowest BCUT2D eigenvalue weighted by molar-refractivity contribution is -0.140. The van der Waals surface area contributed by atoms with E-state index in [2.05, 4.69) is 23.1 Å². The van der Waals surface area contributed by atoms with Crippen LogP contribution < -0.4 is 10.6 Å². The molecule has 0 bridgehead atoms. The van der Waals surface area contributed by atoms with Gasteiger partial charge in [-0.25, -0.2) is 4.79 Å². The van der Waals surface area contributed by atoms with Gasteiger partial charge >= 0.3 is 6.09 Å². The second-order valence-corrected chi connectivity index (χ2v) is 11.3. The van der Waals surface area contributed by atoms with Crippen molar-refractivity contribution in [3.8, 4) is 12.3 Å². The maximum absolute atomic E-state index is 14.2. The molecule has 3 aromatic rings. The molecule has 214 valence electrons. The number of carbonyl (C=O) groups excluding carboxylic acids is 3. The zero-order valence-electron chi connectivity index (χ0n) is 24.4. The molecule has 0 aliphatic rings. The van der Waals surface area contributed by atoms with E-state index in [0.29, 0.717) is 23.2 Å². The fourth-order valence-electron chi connectivity index (χ4n) is 4.60. The van der Waals surface area contributed by atoms with E-state index >= 15 is 0 Å². The minimum absolute atomic E-state index is 0.0398. The number of carbonyl (C=O) groups is 3. The molecule has 0 radical (unpaired) electrons. The van der Waals surface area contributed by atoms with Crippen molar-refractivity contribution in [1.82, 2.24) is 10.2 Å². The highest BCUT2D eigenvalue weighted by atomic mass is 16.6. The number of fused-ring (bicyclic) bond motifs is 1. The SMILES string of the molecule is C#Cc1ccccc1C(C(=O)Nc1ccc2ccccc2c1)N(CC=C)C(=O)C(CC(C)C)NC(=O)OC(C)(C)C. The summed E-state index contributed by atoms with van der Waals surface area (Å²) in [5.41, 5.74) is 0.802. The summed E-state index contributed by atoms with van der Waals surface area (Å²) in [6, 6.07) is 18.4.